The second kappa shape index (κ2) is 8.29. The summed E-state index contributed by atoms with van der Waals surface area (Å²) in [6.45, 7) is 8.35. The van der Waals surface area contributed by atoms with E-state index in [1.54, 1.807) is 21.9 Å². The van der Waals surface area contributed by atoms with Crippen molar-refractivity contribution in [3.63, 3.8) is 0 Å². The number of nitrogens with zero attached hydrogens (tertiary/aromatic N) is 2. The van der Waals surface area contributed by atoms with Gasteiger partial charge in [0.05, 0.1) is 6.26 Å². The number of carbonyl (C=O) groups excluding carboxylic acids is 2. The van der Waals surface area contributed by atoms with Crippen LogP contribution >= 0.6 is 0 Å². The number of furan rings is 1. The Kier molecular flexibility index (Phi) is 5.84. The molecule has 1 aliphatic heterocycles. The van der Waals surface area contributed by atoms with Crippen LogP contribution in [0.3, 0.4) is 0 Å². The van der Waals surface area contributed by atoms with Gasteiger partial charge >= 0.3 is 6.03 Å². The van der Waals surface area contributed by atoms with Crippen molar-refractivity contribution in [1.82, 2.24) is 9.80 Å². The molecule has 1 N–H and O–H groups in total. The Morgan fingerprint density at radius 3 is 2.37 bits per heavy atom. The van der Waals surface area contributed by atoms with Crippen LogP contribution in [0.2, 0.25) is 0 Å². The molecule has 0 radical (unpaired) electrons. The lowest BCUT2D eigenvalue weighted by atomic mass is 9.96. The summed E-state index contributed by atoms with van der Waals surface area (Å²) in [7, 11) is 0. The summed E-state index contributed by atoms with van der Waals surface area (Å²) in [5.41, 5.74) is 3.21. The fourth-order valence-electron chi connectivity index (χ4n) is 3.40. The van der Waals surface area contributed by atoms with Gasteiger partial charge in [0.2, 0.25) is 0 Å². The molecule has 6 nitrogen and oxygen atoms in total. The molecule has 3 rings (SSSR count). The van der Waals surface area contributed by atoms with Crippen LogP contribution in [0.1, 0.15) is 48.4 Å². The first-order valence-electron chi connectivity index (χ1n) is 9.51. The Balaban J connectivity index is 1.64. The SMILES string of the molecule is CCc1cccc(C(C)C)c1NC(=O)N1CCN(C(=O)c2ccco2)CC1. The maximum absolute atomic E-state index is 12.8. The van der Waals surface area contributed by atoms with Gasteiger partial charge in [0.25, 0.3) is 5.91 Å². The third-order valence-electron chi connectivity index (χ3n) is 5.00. The van der Waals surface area contributed by atoms with Crippen molar-refractivity contribution in [2.75, 3.05) is 31.5 Å². The van der Waals surface area contributed by atoms with Crippen LogP contribution < -0.4 is 5.32 Å². The van der Waals surface area contributed by atoms with Crippen molar-refractivity contribution in [2.45, 2.75) is 33.1 Å². The minimum Gasteiger partial charge on any atom is -0.459 e. The number of urea groups is 1. The molecule has 1 aromatic heterocycles. The van der Waals surface area contributed by atoms with Crippen LogP contribution in [0.15, 0.2) is 41.0 Å². The largest absolute Gasteiger partial charge is 0.459 e. The van der Waals surface area contributed by atoms with Crippen LogP contribution in [0.5, 0.6) is 0 Å². The summed E-state index contributed by atoms with van der Waals surface area (Å²) in [4.78, 5) is 28.6. The number of anilines is 1. The van der Waals surface area contributed by atoms with Gasteiger partial charge < -0.3 is 19.5 Å². The Hall–Kier alpha value is -2.76. The number of para-hydroxylation sites is 1. The third kappa shape index (κ3) is 4.15. The number of hydrogen-bond acceptors (Lipinski definition) is 3. The molecule has 2 heterocycles. The van der Waals surface area contributed by atoms with E-state index in [2.05, 4.69) is 38.2 Å². The summed E-state index contributed by atoms with van der Waals surface area (Å²) in [5.74, 6) is 0.541. The number of benzene rings is 1. The van der Waals surface area contributed by atoms with E-state index in [0.717, 1.165) is 23.2 Å². The lowest BCUT2D eigenvalue weighted by Gasteiger charge is -2.34. The van der Waals surface area contributed by atoms with E-state index in [9.17, 15) is 9.59 Å². The molecule has 144 valence electrons. The topological polar surface area (TPSA) is 65.8 Å². The first kappa shape index (κ1) is 19.0. The summed E-state index contributed by atoms with van der Waals surface area (Å²) in [5, 5.41) is 3.12. The lowest BCUT2D eigenvalue weighted by molar-refractivity contribution is 0.0640. The fraction of sp³-hybridized carbons (Fsp3) is 0.429. The van der Waals surface area contributed by atoms with Crippen LogP contribution in [0, 0.1) is 0 Å². The number of carbonyl (C=O) groups is 2. The molecule has 2 aromatic rings. The quantitative estimate of drug-likeness (QED) is 0.887. The van der Waals surface area contributed by atoms with Gasteiger partial charge in [-0.1, -0.05) is 39.0 Å². The van der Waals surface area contributed by atoms with Gasteiger partial charge in [-0.15, -0.1) is 0 Å². The van der Waals surface area contributed by atoms with Crippen molar-refractivity contribution < 1.29 is 14.0 Å². The Morgan fingerprint density at radius 2 is 1.78 bits per heavy atom. The molecular formula is C21H27N3O3. The van der Waals surface area contributed by atoms with E-state index in [4.69, 9.17) is 4.42 Å². The van der Waals surface area contributed by atoms with Gasteiger partial charge in [-0.05, 0) is 35.6 Å². The van der Waals surface area contributed by atoms with Gasteiger partial charge in [0.15, 0.2) is 5.76 Å². The summed E-state index contributed by atoms with van der Waals surface area (Å²) in [6.07, 6.45) is 2.36. The van der Waals surface area contributed by atoms with Crippen molar-refractivity contribution >= 4 is 17.6 Å². The minimum absolute atomic E-state index is 0.108. The average molecular weight is 369 g/mol. The van der Waals surface area contributed by atoms with Crippen LogP contribution in [0.25, 0.3) is 0 Å². The smallest absolute Gasteiger partial charge is 0.321 e. The minimum atomic E-state index is -0.126. The van der Waals surface area contributed by atoms with E-state index in [-0.39, 0.29) is 11.9 Å². The van der Waals surface area contributed by atoms with Crippen molar-refractivity contribution in [3.05, 3.63) is 53.5 Å². The molecule has 0 bridgehead atoms. The van der Waals surface area contributed by atoms with Crippen LogP contribution in [0.4, 0.5) is 10.5 Å². The van der Waals surface area contributed by atoms with Crippen LogP contribution in [-0.4, -0.2) is 47.9 Å². The average Bonchev–Trinajstić information content (AvgIpc) is 3.22. The Labute approximate surface area is 160 Å². The van der Waals surface area contributed by atoms with Gasteiger partial charge in [0, 0.05) is 31.9 Å². The maximum atomic E-state index is 12.8. The zero-order valence-electron chi connectivity index (χ0n) is 16.2. The van der Waals surface area contributed by atoms with Crippen molar-refractivity contribution in [2.24, 2.45) is 0 Å². The second-order valence-corrected chi connectivity index (χ2v) is 7.08. The Bertz CT molecular complexity index is 791. The molecule has 0 atom stereocenters. The molecule has 27 heavy (non-hydrogen) atoms. The highest BCUT2D eigenvalue weighted by atomic mass is 16.3. The zero-order chi connectivity index (χ0) is 19.4. The zero-order valence-corrected chi connectivity index (χ0v) is 16.2. The molecule has 1 aromatic carbocycles. The molecule has 3 amide bonds. The maximum Gasteiger partial charge on any atom is 0.321 e. The summed E-state index contributed by atoms with van der Waals surface area (Å²) < 4.78 is 5.18. The predicted octanol–water partition coefficient (Wildman–Crippen LogP) is 3.96. The third-order valence-corrected chi connectivity index (χ3v) is 5.00. The highest BCUT2D eigenvalue weighted by Gasteiger charge is 2.26. The summed E-state index contributed by atoms with van der Waals surface area (Å²) in [6, 6.07) is 9.43. The molecule has 1 saturated heterocycles. The highest BCUT2D eigenvalue weighted by molar-refractivity contribution is 5.93. The lowest BCUT2D eigenvalue weighted by Crippen LogP contribution is -2.51. The number of aryl methyl sites for hydroxylation is 1. The molecule has 1 aliphatic rings. The van der Waals surface area contributed by atoms with E-state index in [0.29, 0.717) is 37.9 Å². The standard InChI is InChI=1S/C21H27N3O3/c1-4-16-7-5-8-17(15(2)3)19(16)22-21(26)24-12-10-23(11-13-24)20(25)18-9-6-14-27-18/h5-9,14-15H,4,10-13H2,1-3H3,(H,22,26). The molecule has 0 unspecified atom stereocenters. The highest BCUT2D eigenvalue weighted by Crippen LogP contribution is 2.28. The number of amides is 3. The fourth-order valence-corrected chi connectivity index (χ4v) is 3.40. The first-order valence-corrected chi connectivity index (χ1v) is 9.51. The molecule has 0 aliphatic carbocycles. The van der Waals surface area contributed by atoms with E-state index < -0.39 is 0 Å². The first-order chi connectivity index (χ1) is 13.0. The number of nitrogens with one attached hydrogen (secondary N) is 1. The summed E-state index contributed by atoms with van der Waals surface area (Å²) >= 11 is 0. The molecule has 6 heteroatoms. The van der Waals surface area contributed by atoms with Crippen molar-refractivity contribution in [1.29, 1.82) is 0 Å². The van der Waals surface area contributed by atoms with Crippen LogP contribution in [-0.2, 0) is 6.42 Å². The molecular weight excluding hydrogens is 342 g/mol. The predicted molar refractivity (Wildman–Crippen MR) is 105 cm³/mol. The molecule has 1 fully saturated rings. The van der Waals surface area contributed by atoms with Crippen molar-refractivity contribution in [3.8, 4) is 0 Å². The number of hydrogen-bond donors (Lipinski definition) is 1. The normalized spacial score (nSPS) is 14.5. The number of piperazine rings is 1. The molecule has 0 saturated carbocycles. The van der Waals surface area contributed by atoms with Gasteiger partial charge in [0.1, 0.15) is 0 Å². The molecule has 0 spiro atoms. The van der Waals surface area contributed by atoms with E-state index in [1.165, 1.54) is 6.26 Å². The second-order valence-electron chi connectivity index (χ2n) is 7.08. The van der Waals surface area contributed by atoms with E-state index in [1.807, 2.05) is 6.07 Å². The van der Waals surface area contributed by atoms with Gasteiger partial charge in [-0.3, -0.25) is 4.79 Å². The number of rotatable bonds is 4. The Morgan fingerprint density at radius 1 is 1.07 bits per heavy atom. The monoisotopic (exact) mass is 369 g/mol. The van der Waals surface area contributed by atoms with Gasteiger partial charge in [-0.25, -0.2) is 4.79 Å². The van der Waals surface area contributed by atoms with Gasteiger partial charge in [-0.2, -0.15) is 0 Å². The van der Waals surface area contributed by atoms with E-state index >= 15 is 0 Å².